The summed E-state index contributed by atoms with van der Waals surface area (Å²) in [5, 5.41) is 12.7. The van der Waals surface area contributed by atoms with Crippen LogP contribution in [0.4, 0.5) is 0 Å². The zero-order valence-corrected chi connectivity index (χ0v) is 10.3. The van der Waals surface area contributed by atoms with Gasteiger partial charge in [0.05, 0.1) is 12.6 Å². The highest BCUT2D eigenvalue weighted by Crippen LogP contribution is 2.15. The highest BCUT2D eigenvalue weighted by molar-refractivity contribution is 9.10. The van der Waals surface area contributed by atoms with Crippen molar-refractivity contribution in [2.24, 2.45) is 0 Å². The molecule has 0 spiro atoms. The SMILES string of the molecule is CC(O)C(C)(C)NCc1ccc(Br)o1. The van der Waals surface area contributed by atoms with E-state index >= 15 is 0 Å². The molecule has 0 amide bonds. The summed E-state index contributed by atoms with van der Waals surface area (Å²) in [6.45, 7) is 6.29. The normalized spacial score (nSPS) is 14.4. The summed E-state index contributed by atoms with van der Waals surface area (Å²) in [5.41, 5.74) is -0.306. The number of halogens is 1. The molecular weight excluding hydrogens is 246 g/mol. The third-order valence-electron chi connectivity index (χ3n) is 2.39. The minimum atomic E-state index is -0.402. The number of hydrogen-bond donors (Lipinski definition) is 2. The Morgan fingerprint density at radius 2 is 2.21 bits per heavy atom. The van der Waals surface area contributed by atoms with Crippen LogP contribution in [0.5, 0.6) is 0 Å². The fourth-order valence-corrected chi connectivity index (χ4v) is 1.25. The Hall–Kier alpha value is -0.320. The molecule has 0 saturated heterocycles. The molecule has 0 aromatic carbocycles. The molecule has 0 radical (unpaired) electrons. The molecular formula is C10H16BrNO2. The summed E-state index contributed by atoms with van der Waals surface area (Å²) in [4.78, 5) is 0. The van der Waals surface area contributed by atoms with Gasteiger partial charge in [0.2, 0.25) is 0 Å². The average Bonchev–Trinajstić information content (AvgIpc) is 2.48. The van der Waals surface area contributed by atoms with Gasteiger partial charge in [-0.2, -0.15) is 0 Å². The molecule has 0 saturated carbocycles. The minimum Gasteiger partial charge on any atom is -0.453 e. The van der Waals surface area contributed by atoms with Crippen LogP contribution >= 0.6 is 15.9 Å². The van der Waals surface area contributed by atoms with E-state index in [4.69, 9.17) is 4.42 Å². The molecule has 0 aliphatic heterocycles. The van der Waals surface area contributed by atoms with Gasteiger partial charge in [0.1, 0.15) is 5.76 Å². The van der Waals surface area contributed by atoms with E-state index in [1.165, 1.54) is 0 Å². The smallest absolute Gasteiger partial charge is 0.169 e. The molecule has 80 valence electrons. The van der Waals surface area contributed by atoms with Crippen LogP contribution in [0.2, 0.25) is 0 Å². The Morgan fingerprint density at radius 3 is 2.64 bits per heavy atom. The van der Waals surface area contributed by atoms with E-state index in [0.29, 0.717) is 6.54 Å². The first-order chi connectivity index (χ1) is 6.42. The maximum atomic E-state index is 9.46. The number of furan rings is 1. The highest BCUT2D eigenvalue weighted by atomic mass is 79.9. The molecule has 14 heavy (non-hydrogen) atoms. The van der Waals surface area contributed by atoms with Crippen molar-refractivity contribution in [1.82, 2.24) is 5.32 Å². The monoisotopic (exact) mass is 261 g/mol. The van der Waals surface area contributed by atoms with Crippen molar-refractivity contribution in [3.8, 4) is 0 Å². The lowest BCUT2D eigenvalue weighted by Crippen LogP contribution is -2.47. The fourth-order valence-electron chi connectivity index (χ4n) is 0.909. The van der Waals surface area contributed by atoms with Crippen molar-refractivity contribution in [1.29, 1.82) is 0 Å². The van der Waals surface area contributed by atoms with Crippen LogP contribution in [-0.2, 0) is 6.54 Å². The quantitative estimate of drug-likeness (QED) is 0.875. The molecule has 2 N–H and O–H groups in total. The number of aliphatic hydroxyl groups excluding tert-OH is 1. The van der Waals surface area contributed by atoms with E-state index in [2.05, 4.69) is 21.2 Å². The number of aliphatic hydroxyl groups is 1. The van der Waals surface area contributed by atoms with Crippen molar-refractivity contribution in [2.75, 3.05) is 0 Å². The van der Waals surface area contributed by atoms with Crippen LogP contribution in [0.25, 0.3) is 0 Å². The lowest BCUT2D eigenvalue weighted by molar-refractivity contribution is 0.0942. The second-order valence-corrected chi connectivity index (χ2v) is 4.74. The van der Waals surface area contributed by atoms with Gasteiger partial charge in [-0.25, -0.2) is 0 Å². The predicted molar refractivity (Wildman–Crippen MR) is 59.0 cm³/mol. The van der Waals surface area contributed by atoms with Crippen molar-refractivity contribution < 1.29 is 9.52 Å². The first-order valence-corrected chi connectivity index (χ1v) is 5.38. The Bertz CT molecular complexity index is 294. The Morgan fingerprint density at radius 1 is 1.57 bits per heavy atom. The molecule has 3 nitrogen and oxygen atoms in total. The molecule has 0 aliphatic rings. The van der Waals surface area contributed by atoms with Gasteiger partial charge < -0.3 is 14.8 Å². The maximum Gasteiger partial charge on any atom is 0.169 e. The van der Waals surface area contributed by atoms with Gasteiger partial charge >= 0.3 is 0 Å². The lowest BCUT2D eigenvalue weighted by atomic mass is 9.99. The van der Waals surface area contributed by atoms with Gasteiger partial charge in [0.15, 0.2) is 4.67 Å². The molecule has 0 fully saturated rings. The van der Waals surface area contributed by atoms with E-state index < -0.39 is 6.10 Å². The topological polar surface area (TPSA) is 45.4 Å². The van der Waals surface area contributed by atoms with Gasteiger partial charge in [-0.3, -0.25) is 0 Å². The second-order valence-electron chi connectivity index (χ2n) is 3.96. The summed E-state index contributed by atoms with van der Waals surface area (Å²) >= 11 is 3.24. The highest BCUT2D eigenvalue weighted by Gasteiger charge is 2.23. The molecule has 0 bridgehead atoms. The molecule has 1 heterocycles. The summed E-state index contributed by atoms with van der Waals surface area (Å²) in [5.74, 6) is 0.852. The molecule has 4 heteroatoms. The number of hydrogen-bond acceptors (Lipinski definition) is 3. The molecule has 0 aliphatic carbocycles. The van der Waals surface area contributed by atoms with Gasteiger partial charge in [0, 0.05) is 5.54 Å². The van der Waals surface area contributed by atoms with E-state index in [9.17, 15) is 5.11 Å². The summed E-state index contributed by atoms with van der Waals surface area (Å²) in [6.07, 6.45) is -0.402. The number of nitrogens with one attached hydrogen (secondary N) is 1. The minimum absolute atomic E-state index is 0.306. The predicted octanol–water partition coefficient (Wildman–Crippen LogP) is 2.29. The third kappa shape index (κ3) is 3.12. The van der Waals surface area contributed by atoms with Gasteiger partial charge in [-0.15, -0.1) is 0 Å². The maximum absolute atomic E-state index is 9.46. The zero-order valence-electron chi connectivity index (χ0n) is 8.67. The van der Waals surface area contributed by atoms with Crippen LogP contribution in [0.3, 0.4) is 0 Å². The standard InChI is InChI=1S/C10H16BrNO2/c1-7(13)10(2,3)12-6-8-4-5-9(11)14-8/h4-5,7,12-13H,6H2,1-3H3. The van der Waals surface area contributed by atoms with Crippen LogP contribution in [0.1, 0.15) is 26.5 Å². The summed E-state index contributed by atoms with van der Waals surface area (Å²) in [6, 6.07) is 3.75. The molecule has 1 atom stereocenters. The van der Waals surface area contributed by atoms with Gasteiger partial charge in [-0.1, -0.05) is 0 Å². The van der Waals surface area contributed by atoms with E-state index in [1.54, 1.807) is 6.92 Å². The fraction of sp³-hybridized carbons (Fsp3) is 0.600. The zero-order chi connectivity index (χ0) is 10.8. The second kappa shape index (κ2) is 4.47. The van der Waals surface area contributed by atoms with Crippen LogP contribution in [-0.4, -0.2) is 16.7 Å². The molecule has 1 aromatic rings. The Labute approximate surface area is 92.6 Å². The van der Waals surface area contributed by atoms with Gasteiger partial charge in [-0.05, 0) is 48.8 Å². The lowest BCUT2D eigenvalue weighted by Gasteiger charge is -2.29. The van der Waals surface area contributed by atoms with E-state index in [1.807, 2.05) is 26.0 Å². The van der Waals surface area contributed by atoms with Gasteiger partial charge in [0.25, 0.3) is 0 Å². The molecule has 1 rings (SSSR count). The van der Waals surface area contributed by atoms with Crippen molar-refractivity contribution >= 4 is 15.9 Å². The first kappa shape index (κ1) is 11.8. The van der Waals surface area contributed by atoms with Crippen molar-refractivity contribution in [2.45, 2.75) is 39.0 Å². The van der Waals surface area contributed by atoms with Crippen LogP contribution in [0, 0.1) is 0 Å². The first-order valence-electron chi connectivity index (χ1n) is 4.59. The van der Waals surface area contributed by atoms with Crippen LogP contribution in [0.15, 0.2) is 21.2 Å². The molecule has 1 unspecified atom stereocenters. The number of rotatable bonds is 4. The van der Waals surface area contributed by atoms with Crippen molar-refractivity contribution in [3.63, 3.8) is 0 Å². The average molecular weight is 262 g/mol. The Kier molecular flexibility index (Phi) is 3.75. The molecule has 1 aromatic heterocycles. The third-order valence-corrected chi connectivity index (χ3v) is 2.82. The van der Waals surface area contributed by atoms with Crippen molar-refractivity contribution in [3.05, 3.63) is 22.6 Å². The summed E-state index contributed by atoms with van der Waals surface area (Å²) < 4.78 is 6.06. The largest absolute Gasteiger partial charge is 0.453 e. The van der Waals surface area contributed by atoms with E-state index in [-0.39, 0.29) is 5.54 Å². The van der Waals surface area contributed by atoms with Crippen LogP contribution < -0.4 is 5.32 Å². The summed E-state index contributed by atoms with van der Waals surface area (Å²) in [7, 11) is 0. The Balaban J connectivity index is 2.48. The van der Waals surface area contributed by atoms with E-state index in [0.717, 1.165) is 10.4 Å².